The van der Waals surface area contributed by atoms with Gasteiger partial charge in [0, 0.05) is 12.2 Å². The van der Waals surface area contributed by atoms with E-state index in [0.29, 0.717) is 13.0 Å². The third kappa shape index (κ3) is 9.55. The van der Waals surface area contributed by atoms with Gasteiger partial charge in [-0.1, -0.05) is 13.8 Å². The highest BCUT2D eigenvalue weighted by Crippen LogP contribution is 2.08. The van der Waals surface area contributed by atoms with E-state index in [4.69, 9.17) is 5.73 Å². The predicted octanol–water partition coefficient (Wildman–Crippen LogP) is -1.48. The summed E-state index contributed by atoms with van der Waals surface area (Å²) in [5, 5.41) is 19.8. The van der Waals surface area contributed by atoms with Crippen LogP contribution in [0.25, 0.3) is 0 Å². The molecule has 1 rings (SSSR count). The molecule has 7 N–H and O–H groups in total. The van der Waals surface area contributed by atoms with Crippen molar-refractivity contribution in [1.29, 1.82) is 0 Å². The quantitative estimate of drug-likeness (QED) is 0.164. The summed E-state index contributed by atoms with van der Waals surface area (Å²) in [6.07, 6.45) is 1.40. The fourth-order valence-electron chi connectivity index (χ4n) is 3.17. The summed E-state index contributed by atoms with van der Waals surface area (Å²) in [7, 11) is 0. The van der Waals surface area contributed by atoms with Gasteiger partial charge in [-0.2, -0.15) is 12.6 Å². The maximum atomic E-state index is 12.7. The first-order valence-corrected chi connectivity index (χ1v) is 10.9. The first-order valence-electron chi connectivity index (χ1n) is 10.3. The molecule has 12 heteroatoms. The van der Waals surface area contributed by atoms with Crippen LogP contribution in [0.15, 0.2) is 0 Å². The maximum absolute atomic E-state index is 12.7. The molecule has 0 aromatic rings. The second kappa shape index (κ2) is 13.2. The van der Waals surface area contributed by atoms with E-state index in [-0.39, 0.29) is 36.8 Å². The van der Waals surface area contributed by atoms with Crippen molar-refractivity contribution in [2.45, 2.75) is 70.1 Å². The number of hydrogen-bond acceptors (Lipinski definition) is 7. The molecule has 11 nitrogen and oxygen atoms in total. The smallest absolute Gasteiger partial charge is 0.326 e. The molecule has 1 aliphatic heterocycles. The predicted molar refractivity (Wildman–Crippen MR) is 116 cm³/mol. The Bertz CT molecular complexity index is 668. The molecule has 176 valence electrons. The molecule has 0 bridgehead atoms. The number of amides is 4. The van der Waals surface area contributed by atoms with E-state index in [1.807, 2.05) is 13.8 Å². The molecule has 1 saturated heterocycles. The maximum Gasteiger partial charge on any atom is 0.326 e. The SMILES string of the molecule is CC(C)CC(NC(=O)C(CCC(N)=O)NC(=O)C(CS)NC(=O)C1CCCN1)C(=O)O. The van der Waals surface area contributed by atoms with Gasteiger partial charge >= 0.3 is 5.97 Å². The van der Waals surface area contributed by atoms with Gasteiger partial charge in [0.15, 0.2) is 0 Å². The summed E-state index contributed by atoms with van der Waals surface area (Å²) in [6.45, 7) is 4.34. The highest BCUT2D eigenvalue weighted by molar-refractivity contribution is 7.80. The van der Waals surface area contributed by atoms with E-state index in [1.54, 1.807) is 0 Å². The third-order valence-corrected chi connectivity index (χ3v) is 5.19. The third-order valence-electron chi connectivity index (χ3n) is 4.83. The topological polar surface area (TPSA) is 180 Å². The summed E-state index contributed by atoms with van der Waals surface area (Å²) >= 11 is 4.10. The zero-order valence-corrected chi connectivity index (χ0v) is 18.7. The molecule has 0 spiro atoms. The molecule has 4 amide bonds. The number of primary amides is 1. The van der Waals surface area contributed by atoms with Crippen LogP contribution in [0.4, 0.5) is 0 Å². The Morgan fingerprint density at radius 3 is 2.16 bits per heavy atom. The average molecular weight is 460 g/mol. The highest BCUT2D eigenvalue weighted by atomic mass is 32.1. The van der Waals surface area contributed by atoms with Crippen LogP contribution < -0.4 is 27.0 Å². The molecule has 0 radical (unpaired) electrons. The van der Waals surface area contributed by atoms with Gasteiger partial charge in [-0.3, -0.25) is 19.2 Å². The summed E-state index contributed by atoms with van der Waals surface area (Å²) < 4.78 is 0. The van der Waals surface area contributed by atoms with Gasteiger partial charge < -0.3 is 32.1 Å². The number of aliphatic carboxylic acids is 1. The molecule has 31 heavy (non-hydrogen) atoms. The zero-order chi connectivity index (χ0) is 23.6. The minimum atomic E-state index is -1.20. The van der Waals surface area contributed by atoms with Gasteiger partial charge in [0.25, 0.3) is 0 Å². The number of rotatable bonds is 13. The Hall–Kier alpha value is -2.34. The standard InChI is InChI=1S/C19H33N5O6S/c1-10(2)8-13(19(29)30)23-17(27)12(5-6-15(20)25)22-18(28)14(9-31)24-16(26)11-4-3-7-21-11/h10-14,21,31H,3-9H2,1-2H3,(H2,20,25)(H,22,28)(H,23,27)(H,24,26)(H,29,30). The number of carboxylic acid groups (broad SMARTS) is 1. The van der Waals surface area contributed by atoms with Crippen molar-refractivity contribution in [1.82, 2.24) is 21.3 Å². The van der Waals surface area contributed by atoms with Gasteiger partial charge in [-0.15, -0.1) is 0 Å². The van der Waals surface area contributed by atoms with Crippen LogP contribution in [-0.2, 0) is 24.0 Å². The van der Waals surface area contributed by atoms with Crippen LogP contribution in [0.3, 0.4) is 0 Å². The lowest BCUT2D eigenvalue weighted by atomic mass is 10.0. The second-order valence-corrected chi connectivity index (χ2v) is 8.35. The lowest BCUT2D eigenvalue weighted by Gasteiger charge is -2.24. The van der Waals surface area contributed by atoms with E-state index in [9.17, 15) is 29.1 Å². The molecule has 0 aliphatic carbocycles. The normalized spacial score (nSPS) is 18.6. The lowest BCUT2D eigenvalue weighted by molar-refractivity contribution is -0.143. The van der Waals surface area contributed by atoms with Crippen molar-refractivity contribution in [2.24, 2.45) is 11.7 Å². The molecule has 4 unspecified atom stereocenters. The van der Waals surface area contributed by atoms with Gasteiger partial charge in [0.2, 0.25) is 23.6 Å². The van der Waals surface area contributed by atoms with Crippen LogP contribution in [0.1, 0.15) is 46.0 Å². The first kappa shape index (κ1) is 26.7. The molecule has 4 atom stereocenters. The first-order chi connectivity index (χ1) is 14.5. The van der Waals surface area contributed by atoms with Crippen LogP contribution in [0, 0.1) is 5.92 Å². The Morgan fingerprint density at radius 2 is 1.68 bits per heavy atom. The van der Waals surface area contributed by atoms with Gasteiger partial charge in [-0.25, -0.2) is 4.79 Å². The Balaban J connectivity index is 2.83. The van der Waals surface area contributed by atoms with Gasteiger partial charge in [-0.05, 0) is 38.1 Å². The molecule has 1 fully saturated rings. The summed E-state index contributed by atoms with van der Waals surface area (Å²) in [4.78, 5) is 60.3. The average Bonchev–Trinajstić information content (AvgIpc) is 3.22. The van der Waals surface area contributed by atoms with Crippen LogP contribution in [-0.4, -0.2) is 71.2 Å². The van der Waals surface area contributed by atoms with E-state index in [0.717, 1.165) is 6.42 Å². The number of nitrogens with one attached hydrogen (secondary N) is 4. The molecular formula is C19H33N5O6S. The fourth-order valence-corrected chi connectivity index (χ4v) is 3.42. The van der Waals surface area contributed by atoms with Crippen molar-refractivity contribution in [2.75, 3.05) is 12.3 Å². The fraction of sp³-hybridized carbons (Fsp3) is 0.737. The van der Waals surface area contributed by atoms with Crippen molar-refractivity contribution in [3.63, 3.8) is 0 Å². The van der Waals surface area contributed by atoms with Gasteiger partial charge in [0.1, 0.15) is 18.1 Å². The molecule has 0 aromatic heterocycles. The monoisotopic (exact) mass is 459 g/mol. The highest BCUT2D eigenvalue weighted by Gasteiger charge is 2.31. The van der Waals surface area contributed by atoms with E-state index < -0.39 is 47.9 Å². The van der Waals surface area contributed by atoms with Gasteiger partial charge in [0.05, 0.1) is 6.04 Å². The number of hydrogen-bond donors (Lipinski definition) is 7. The Kier molecular flexibility index (Phi) is 11.3. The lowest BCUT2D eigenvalue weighted by Crippen LogP contribution is -2.57. The number of nitrogens with two attached hydrogens (primary N) is 1. The van der Waals surface area contributed by atoms with Crippen LogP contribution in [0.5, 0.6) is 0 Å². The molecule has 0 aromatic carbocycles. The summed E-state index contributed by atoms with van der Waals surface area (Å²) in [5.74, 6) is -3.63. The summed E-state index contributed by atoms with van der Waals surface area (Å²) in [6, 6.07) is -3.74. The zero-order valence-electron chi connectivity index (χ0n) is 17.8. The van der Waals surface area contributed by atoms with E-state index in [2.05, 4.69) is 33.9 Å². The van der Waals surface area contributed by atoms with Crippen LogP contribution >= 0.6 is 12.6 Å². The molecular weight excluding hydrogens is 426 g/mol. The van der Waals surface area contributed by atoms with Crippen LogP contribution in [0.2, 0.25) is 0 Å². The van der Waals surface area contributed by atoms with E-state index in [1.165, 1.54) is 0 Å². The van der Waals surface area contributed by atoms with Crippen molar-refractivity contribution < 1.29 is 29.1 Å². The Labute approximate surface area is 187 Å². The summed E-state index contributed by atoms with van der Waals surface area (Å²) in [5.41, 5.74) is 5.16. The molecule has 1 heterocycles. The number of thiol groups is 1. The minimum absolute atomic E-state index is 0.00744. The molecule has 1 aliphatic rings. The largest absolute Gasteiger partial charge is 0.480 e. The minimum Gasteiger partial charge on any atom is -0.480 e. The Morgan fingerprint density at radius 1 is 1.06 bits per heavy atom. The van der Waals surface area contributed by atoms with Crippen molar-refractivity contribution in [3.05, 3.63) is 0 Å². The molecule has 0 saturated carbocycles. The number of carboxylic acids is 1. The number of carbonyl (C=O) groups is 5. The van der Waals surface area contributed by atoms with Crippen molar-refractivity contribution >= 4 is 42.2 Å². The van der Waals surface area contributed by atoms with E-state index >= 15 is 0 Å². The second-order valence-electron chi connectivity index (χ2n) is 7.99. The number of carbonyl (C=O) groups excluding carboxylic acids is 4. The van der Waals surface area contributed by atoms with Crippen molar-refractivity contribution in [3.8, 4) is 0 Å².